The molecule has 2 aromatic heterocycles. The Labute approximate surface area is 143 Å². The first-order valence-electron chi connectivity index (χ1n) is 7.82. The maximum Gasteiger partial charge on any atom is 0.227 e. The number of aryl methyl sites for hydroxylation is 1. The van der Waals surface area contributed by atoms with E-state index in [1.165, 1.54) is 18.2 Å². The molecule has 0 bridgehead atoms. The number of rotatable bonds is 2. The van der Waals surface area contributed by atoms with Gasteiger partial charge >= 0.3 is 0 Å². The zero-order valence-corrected chi connectivity index (χ0v) is 13.6. The lowest BCUT2D eigenvalue weighted by molar-refractivity contribution is -0.120. The van der Waals surface area contributed by atoms with Crippen molar-refractivity contribution in [1.29, 1.82) is 0 Å². The number of amides is 1. The first-order valence-corrected chi connectivity index (χ1v) is 8.20. The summed E-state index contributed by atoms with van der Waals surface area (Å²) in [5.74, 6) is -0.710. The molecule has 0 aliphatic heterocycles. The zero-order chi connectivity index (χ0) is 16.7. The normalized spacial score (nSPS) is 16.8. The molecule has 6 heteroatoms. The van der Waals surface area contributed by atoms with Gasteiger partial charge in [0.2, 0.25) is 5.91 Å². The van der Waals surface area contributed by atoms with Crippen LogP contribution in [0, 0.1) is 11.7 Å². The van der Waals surface area contributed by atoms with Gasteiger partial charge in [0.05, 0.1) is 10.7 Å². The molecule has 122 valence electrons. The Kier molecular flexibility index (Phi) is 3.73. The van der Waals surface area contributed by atoms with E-state index >= 15 is 0 Å². The fourth-order valence-electron chi connectivity index (χ4n) is 3.20. The van der Waals surface area contributed by atoms with Gasteiger partial charge in [-0.1, -0.05) is 17.7 Å². The second-order valence-corrected chi connectivity index (χ2v) is 6.40. The van der Waals surface area contributed by atoms with Gasteiger partial charge in [0, 0.05) is 29.9 Å². The SMILES string of the molecule is O=C(Nc1ccc(F)c(Cl)c1)C1CCc2nc3ccccn3c2C1. The third kappa shape index (κ3) is 2.65. The third-order valence-electron chi connectivity index (χ3n) is 4.44. The second kappa shape index (κ2) is 5.91. The number of pyridine rings is 1. The number of imidazole rings is 1. The van der Waals surface area contributed by atoms with E-state index in [4.69, 9.17) is 11.6 Å². The van der Waals surface area contributed by atoms with Gasteiger partial charge in [0.25, 0.3) is 0 Å². The van der Waals surface area contributed by atoms with Gasteiger partial charge in [-0.3, -0.25) is 4.79 Å². The van der Waals surface area contributed by atoms with E-state index in [2.05, 4.69) is 10.3 Å². The summed E-state index contributed by atoms with van der Waals surface area (Å²) in [6.07, 6.45) is 4.14. The minimum Gasteiger partial charge on any atom is -0.326 e. The highest BCUT2D eigenvalue weighted by Gasteiger charge is 2.28. The number of halogens is 2. The van der Waals surface area contributed by atoms with Crippen molar-refractivity contribution >= 4 is 28.8 Å². The molecule has 0 saturated heterocycles. The molecule has 1 aromatic carbocycles. The quantitative estimate of drug-likeness (QED) is 0.767. The van der Waals surface area contributed by atoms with Gasteiger partial charge in [-0.15, -0.1) is 0 Å². The summed E-state index contributed by atoms with van der Waals surface area (Å²) in [6, 6.07) is 10.1. The number of carbonyl (C=O) groups excluding carboxylic acids is 1. The van der Waals surface area contributed by atoms with Crippen LogP contribution in [-0.4, -0.2) is 15.3 Å². The van der Waals surface area contributed by atoms with Crippen LogP contribution < -0.4 is 5.32 Å². The van der Waals surface area contributed by atoms with Crippen LogP contribution in [0.1, 0.15) is 17.8 Å². The van der Waals surface area contributed by atoms with Gasteiger partial charge in [0.15, 0.2) is 0 Å². The standard InChI is InChI=1S/C18H15ClFN3O/c19-13-10-12(5-6-14(13)20)21-18(24)11-4-7-15-16(9-11)23-8-2-1-3-17(23)22-15/h1-3,5-6,8,10-11H,4,7,9H2,(H,21,24). The number of carbonyl (C=O) groups is 1. The highest BCUT2D eigenvalue weighted by molar-refractivity contribution is 6.31. The molecule has 1 aliphatic carbocycles. The van der Waals surface area contributed by atoms with Gasteiger partial charge in [-0.25, -0.2) is 9.37 Å². The average Bonchev–Trinajstić information content (AvgIpc) is 2.96. The number of aromatic nitrogens is 2. The minimum atomic E-state index is -0.497. The average molecular weight is 344 g/mol. The van der Waals surface area contributed by atoms with Crippen LogP contribution in [0.3, 0.4) is 0 Å². The number of nitrogens with one attached hydrogen (secondary N) is 1. The van der Waals surface area contributed by atoms with Crippen LogP contribution >= 0.6 is 11.6 Å². The smallest absolute Gasteiger partial charge is 0.227 e. The molecule has 1 amide bonds. The summed E-state index contributed by atoms with van der Waals surface area (Å²) >= 11 is 5.76. The summed E-state index contributed by atoms with van der Waals surface area (Å²) < 4.78 is 15.3. The summed E-state index contributed by atoms with van der Waals surface area (Å²) in [4.78, 5) is 17.2. The lowest BCUT2D eigenvalue weighted by atomic mass is 9.89. The van der Waals surface area contributed by atoms with Crippen molar-refractivity contribution in [2.75, 3.05) is 5.32 Å². The first-order chi connectivity index (χ1) is 11.6. The number of benzene rings is 1. The van der Waals surface area contributed by atoms with Crippen molar-refractivity contribution in [2.24, 2.45) is 5.92 Å². The van der Waals surface area contributed by atoms with Crippen molar-refractivity contribution in [3.63, 3.8) is 0 Å². The lowest BCUT2D eigenvalue weighted by Crippen LogP contribution is -2.28. The topological polar surface area (TPSA) is 46.4 Å². The van der Waals surface area contributed by atoms with Gasteiger partial charge in [-0.2, -0.15) is 0 Å². The zero-order valence-electron chi connectivity index (χ0n) is 12.8. The summed E-state index contributed by atoms with van der Waals surface area (Å²) in [6.45, 7) is 0. The Balaban J connectivity index is 1.55. The molecule has 0 radical (unpaired) electrons. The molecule has 1 aliphatic rings. The van der Waals surface area contributed by atoms with E-state index in [1.807, 2.05) is 28.8 Å². The van der Waals surface area contributed by atoms with Crippen LogP contribution in [0.5, 0.6) is 0 Å². The van der Waals surface area contributed by atoms with E-state index in [9.17, 15) is 9.18 Å². The Morgan fingerprint density at radius 1 is 1.33 bits per heavy atom. The number of hydrogen-bond donors (Lipinski definition) is 1. The summed E-state index contributed by atoms with van der Waals surface area (Å²) in [5, 5.41) is 2.83. The molecular weight excluding hydrogens is 329 g/mol. The Morgan fingerprint density at radius 3 is 3.04 bits per heavy atom. The fraction of sp³-hybridized carbons (Fsp3) is 0.222. The van der Waals surface area contributed by atoms with E-state index in [-0.39, 0.29) is 16.8 Å². The van der Waals surface area contributed by atoms with Crippen LogP contribution in [0.2, 0.25) is 5.02 Å². The molecule has 1 N–H and O–H groups in total. The van der Waals surface area contributed by atoms with Gasteiger partial charge in [-0.05, 0) is 43.2 Å². The Bertz CT molecular complexity index is 937. The fourth-order valence-corrected chi connectivity index (χ4v) is 3.38. The van der Waals surface area contributed by atoms with E-state index in [1.54, 1.807) is 0 Å². The predicted octanol–water partition coefficient (Wildman–Crippen LogP) is 3.87. The van der Waals surface area contributed by atoms with E-state index in [0.717, 1.165) is 29.9 Å². The molecule has 0 spiro atoms. The van der Waals surface area contributed by atoms with E-state index < -0.39 is 5.82 Å². The largest absolute Gasteiger partial charge is 0.326 e. The molecule has 1 unspecified atom stereocenters. The molecule has 24 heavy (non-hydrogen) atoms. The molecule has 1 atom stereocenters. The third-order valence-corrected chi connectivity index (χ3v) is 4.73. The molecule has 4 rings (SSSR count). The maximum atomic E-state index is 13.2. The molecular formula is C18H15ClFN3O. The molecule has 0 saturated carbocycles. The number of fused-ring (bicyclic) bond motifs is 3. The molecule has 2 heterocycles. The van der Waals surface area contributed by atoms with Gasteiger partial charge < -0.3 is 9.72 Å². The Hall–Kier alpha value is -2.40. The van der Waals surface area contributed by atoms with Crippen LogP contribution in [0.4, 0.5) is 10.1 Å². The molecule has 0 fully saturated rings. The first kappa shape index (κ1) is 15.1. The van der Waals surface area contributed by atoms with Crippen LogP contribution in [0.15, 0.2) is 42.6 Å². The Morgan fingerprint density at radius 2 is 2.21 bits per heavy atom. The monoisotopic (exact) mass is 343 g/mol. The van der Waals surface area contributed by atoms with Crippen molar-refractivity contribution in [1.82, 2.24) is 9.38 Å². The predicted molar refractivity (Wildman–Crippen MR) is 90.7 cm³/mol. The molecule has 4 nitrogen and oxygen atoms in total. The van der Waals surface area contributed by atoms with Crippen molar-refractivity contribution in [2.45, 2.75) is 19.3 Å². The second-order valence-electron chi connectivity index (χ2n) is 5.99. The number of nitrogens with zero attached hydrogens (tertiary/aromatic N) is 2. The minimum absolute atomic E-state index is 0.000476. The highest BCUT2D eigenvalue weighted by atomic mass is 35.5. The van der Waals surface area contributed by atoms with E-state index in [0.29, 0.717) is 12.1 Å². The number of anilines is 1. The number of hydrogen-bond acceptors (Lipinski definition) is 2. The highest BCUT2D eigenvalue weighted by Crippen LogP contribution is 2.28. The summed E-state index contributed by atoms with van der Waals surface area (Å²) in [5.41, 5.74) is 3.58. The van der Waals surface area contributed by atoms with Gasteiger partial charge in [0.1, 0.15) is 11.5 Å². The van der Waals surface area contributed by atoms with Crippen molar-refractivity contribution < 1.29 is 9.18 Å². The van der Waals surface area contributed by atoms with Crippen molar-refractivity contribution in [3.8, 4) is 0 Å². The molecule has 3 aromatic rings. The van der Waals surface area contributed by atoms with Crippen LogP contribution in [-0.2, 0) is 17.6 Å². The van der Waals surface area contributed by atoms with Crippen LogP contribution in [0.25, 0.3) is 5.65 Å². The maximum absolute atomic E-state index is 13.2. The van der Waals surface area contributed by atoms with Crippen molar-refractivity contribution in [3.05, 3.63) is 64.8 Å². The lowest BCUT2D eigenvalue weighted by Gasteiger charge is -2.21. The summed E-state index contributed by atoms with van der Waals surface area (Å²) in [7, 11) is 0.